The first-order valence-corrected chi connectivity index (χ1v) is 5.81. The van der Waals surface area contributed by atoms with E-state index in [1.54, 1.807) is 13.0 Å². The summed E-state index contributed by atoms with van der Waals surface area (Å²) in [6.07, 6.45) is 1.51. The van der Waals surface area contributed by atoms with Crippen molar-refractivity contribution in [3.63, 3.8) is 0 Å². The van der Waals surface area contributed by atoms with Crippen LogP contribution in [0.4, 0.5) is 4.39 Å². The normalized spacial score (nSPS) is 12.2. The quantitative estimate of drug-likeness (QED) is 0.902. The fourth-order valence-electron chi connectivity index (χ4n) is 1.76. The van der Waals surface area contributed by atoms with Crippen molar-refractivity contribution in [2.24, 2.45) is 5.73 Å². The van der Waals surface area contributed by atoms with Gasteiger partial charge >= 0.3 is 0 Å². The van der Waals surface area contributed by atoms with Gasteiger partial charge in [0.1, 0.15) is 0 Å². The van der Waals surface area contributed by atoms with E-state index in [-0.39, 0.29) is 5.88 Å². The molecule has 0 radical (unpaired) electrons. The van der Waals surface area contributed by atoms with Crippen LogP contribution in [0.2, 0.25) is 0 Å². The molecule has 1 aromatic heterocycles. The van der Waals surface area contributed by atoms with Crippen LogP contribution in [0.25, 0.3) is 0 Å². The molecule has 4 heteroatoms. The maximum absolute atomic E-state index is 14.1. The molecule has 1 heterocycles. The smallest absolute Gasteiger partial charge is 0.250 e. The van der Waals surface area contributed by atoms with Gasteiger partial charge in [0.05, 0.1) is 12.6 Å². The van der Waals surface area contributed by atoms with E-state index < -0.39 is 11.9 Å². The highest BCUT2D eigenvalue weighted by Gasteiger charge is 2.17. The van der Waals surface area contributed by atoms with Crippen LogP contribution < -0.4 is 10.5 Å². The predicted octanol–water partition coefficient (Wildman–Crippen LogP) is 2.67. The van der Waals surface area contributed by atoms with E-state index in [2.05, 4.69) is 4.98 Å². The standard InChI is InChI=1S/C14H15FN2O/c1-2-18-14-12(15)11(8-9-17-14)13(16)10-6-4-3-5-7-10/h3-9,13H,2,16H2,1H3. The minimum absolute atomic E-state index is 0.00128. The second kappa shape index (κ2) is 5.60. The number of nitrogens with zero attached hydrogens (tertiary/aromatic N) is 1. The molecule has 1 aromatic carbocycles. The van der Waals surface area contributed by atoms with Crippen LogP contribution in [0, 0.1) is 5.82 Å². The summed E-state index contributed by atoms with van der Waals surface area (Å²) in [7, 11) is 0. The Kier molecular flexibility index (Phi) is 3.89. The van der Waals surface area contributed by atoms with Gasteiger partial charge in [-0.2, -0.15) is 0 Å². The number of pyridine rings is 1. The largest absolute Gasteiger partial charge is 0.476 e. The van der Waals surface area contributed by atoms with E-state index >= 15 is 0 Å². The van der Waals surface area contributed by atoms with Crippen molar-refractivity contribution in [2.45, 2.75) is 13.0 Å². The van der Waals surface area contributed by atoms with Crippen LogP contribution in [0.5, 0.6) is 5.88 Å². The average Bonchev–Trinajstić information content (AvgIpc) is 2.42. The van der Waals surface area contributed by atoms with Gasteiger partial charge in [0.2, 0.25) is 0 Å². The first-order valence-electron chi connectivity index (χ1n) is 5.81. The van der Waals surface area contributed by atoms with Crippen LogP contribution in [0.15, 0.2) is 42.6 Å². The number of ether oxygens (including phenoxy) is 1. The molecule has 18 heavy (non-hydrogen) atoms. The van der Waals surface area contributed by atoms with Crippen LogP contribution in [0.3, 0.4) is 0 Å². The van der Waals surface area contributed by atoms with E-state index in [0.29, 0.717) is 12.2 Å². The second-order valence-corrected chi connectivity index (χ2v) is 3.84. The van der Waals surface area contributed by atoms with Gasteiger partial charge in [-0.1, -0.05) is 30.3 Å². The van der Waals surface area contributed by atoms with E-state index in [1.165, 1.54) is 6.20 Å². The summed E-state index contributed by atoms with van der Waals surface area (Å²) in [4.78, 5) is 3.85. The highest BCUT2D eigenvalue weighted by atomic mass is 19.1. The van der Waals surface area contributed by atoms with Crippen molar-refractivity contribution < 1.29 is 9.13 Å². The van der Waals surface area contributed by atoms with E-state index in [1.807, 2.05) is 30.3 Å². The Morgan fingerprint density at radius 2 is 2.00 bits per heavy atom. The highest BCUT2D eigenvalue weighted by molar-refractivity contribution is 5.34. The van der Waals surface area contributed by atoms with E-state index in [4.69, 9.17) is 10.5 Å². The second-order valence-electron chi connectivity index (χ2n) is 3.84. The molecule has 0 aliphatic rings. The van der Waals surface area contributed by atoms with E-state index in [0.717, 1.165) is 5.56 Å². The Balaban J connectivity index is 2.36. The monoisotopic (exact) mass is 246 g/mol. The zero-order valence-electron chi connectivity index (χ0n) is 10.1. The molecular formula is C14H15FN2O. The van der Waals surface area contributed by atoms with Gasteiger partial charge < -0.3 is 10.5 Å². The number of halogens is 1. The molecule has 0 aliphatic carbocycles. The van der Waals surface area contributed by atoms with Crippen LogP contribution in [-0.4, -0.2) is 11.6 Å². The van der Waals surface area contributed by atoms with Crippen LogP contribution >= 0.6 is 0 Å². The number of hydrogen-bond donors (Lipinski definition) is 1. The van der Waals surface area contributed by atoms with E-state index in [9.17, 15) is 4.39 Å². The zero-order chi connectivity index (χ0) is 13.0. The summed E-state index contributed by atoms with van der Waals surface area (Å²) in [5.41, 5.74) is 7.30. The van der Waals surface area contributed by atoms with Gasteiger partial charge in [0.15, 0.2) is 5.82 Å². The Bertz CT molecular complexity index is 516. The molecule has 1 unspecified atom stereocenters. The van der Waals surface area contributed by atoms with Crippen molar-refractivity contribution >= 4 is 0 Å². The Morgan fingerprint density at radius 1 is 1.28 bits per heavy atom. The molecule has 94 valence electrons. The molecular weight excluding hydrogens is 231 g/mol. The molecule has 0 aliphatic heterocycles. The Hall–Kier alpha value is -1.94. The van der Waals surface area contributed by atoms with Gasteiger partial charge in [-0.25, -0.2) is 9.37 Å². The Labute approximate surface area is 105 Å². The number of nitrogens with two attached hydrogens (primary N) is 1. The lowest BCUT2D eigenvalue weighted by atomic mass is 10.0. The lowest BCUT2D eigenvalue weighted by Gasteiger charge is -2.14. The maximum Gasteiger partial charge on any atom is 0.250 e. The molecule has 0 saturated heterocycles. The van der Waals surface area contributed by atoms with Gasteiger partial charge in [0, 0.05) is 11.8 Å². The number of aromatic nitrogens is 1. The summed E-state index contributed by atoms with van der Waals surface area (Å²) < 4.78 is 19.2. The molecule has 0 amide bonds. The SMILES string of the molecule is CCOc1nccc(C(N)c2ccccc2)c1F. The molecule has 0 fully saturated rings. The minimum atomic E-state index is -0.520. The summed E-state index contributed by atoms with van der Waals surface area (Å²) in [6, 6.07) is 10.4. The number of hydrogen-bond acceptors (Lipinski definition) is 3. The fourth-order valence-corrected chi connectivity index (χ4v) is 1.76. The molecule has 0 bridgehead atoms. The molecule has 2 aromatic rings. The predicted molar refractivity (Wildman–Crippen MR) is 67.8 cm³/mol. The van der Waals surface area contributed by atoms with Gasteiger partial charge in [-0.15, -0.1) is 0 Å². The third kappa shape index (κ3) is 2.49. The third-order valence-electron chi connectivity index (χ3n) is 2.66. The molecule has 0 saturated carbocycles. The first kappa shape index (κ1) is 12.5. The summed E-state index contributed by atoms with van der Waals surface area (Å²) in [6.45, 7) is 2.15. The Morgan fingerprint density at radius 3 is 2.67 bits per heavy atom. The number of rotatable bonds is 4. The summed E-state index contributed by atoms with van der Waals surface area (Å²) in [5, 5.41) is 0. The summed E-state index contributed by atoms with van der Waals surface area (Å²) >= 11 is 0. The molecule has 2 N–H and O–H groups in total. The topological polar surface area (TPSA) is 48.1 Å². The van der Waals surface area contributed by atoms with Crippen LogP contribution in [-0.2, 0) is 0 Å². The molecule has 1 atom stereocenters. The minimum Gasteiger partial charge on any atom is -0.476 e. The van der Waals surface area contributed by atoms with Crippen molar-refractivity contribution in [1.29, 1.82) is 0 Å². The zero-order valence-corrected chi connectivity index (χ0v) is 10.1. The molecule has 0 spiro atoms. The first-order chi connectivity index (χ1) is 8.74. The third-order valence-corrected chi connectivity index (χ3v) is 2.66. The van der Waals surface area contributed by atoms with Gasteiger partial charge in [-0.3, -0.25) is 0 Å². The molecule has 3 nitrogen and oxygen atoms in total. The maximum atomic E-state index is 14.1. The lowest BCUT2D eigenvalue weighted by Crippen LogP contribution is -2.14. The summed E-state index contributed by atoms with van der Waals surface area (Å²) in [5.74, 6) is -0.489. The lowest BCUT2D eigenvalue weighted by molar-refractivity contribution is 0.305. The average molecular weight is 246 g/mol. The van der Waals surface area contributed by atoms with Gasteiger partial charge in [0.25, 0.3) is 5.88 Å². The van der Waals surface area contributed by atoms with Gasteiger partial charge in [-0.05, 0) is 18.6 Å². The molecule has 2 rings (SSSR count). The number of benzene rings is 1. The van der Waals surface area contributed by atoms with Crippen molar-refractivity contribution in [2.75, 3.05) is 6.61 Å². The fraction of sp³-hybridized carbons (Fsp3) is 0.214. The van der Waals surface area contributed by atoms with Crippen molar-refractivity contribution in [1.82, 2.24) is 4.98 Å². The highest BCUT2D eigenvalue weighted by Crippen LogP contribution is 2.25. The van der Waals surface area contributed by atoms with Crippen LogP contribution in [0.1, 0.15) is 24.1 Å². The van der Waals surface area contributed by atoms with Crippen molar-refractivity contribution in [3.05, 3.63) is 59.5 Å². The van der Waals surface area contributed by atoms with Crippen molar-refractivity contribution in [3.8, 4) is 5.88 Å².